The number of fused-ring (bicyclic) bond motifs is 1. The molecule has 0 amide bonds. The Bertz CT molecular complexity index is 575. The summed E-state index contributed by atoms with van der Waals surface area (Å²) in [6, 6.07) is 8.06. The van der Waals surface area contributed by atoms with Crippen LogP contribution in [0.2, 0.25) is 5.02 Å². The van der Waals surface area contributed by atoms with E-state index >= 15 is 0 Å². The third-order valence-electron chi connectivity index (χ3n) is 3.89. The fourth-order valence-electron chi connectivity index (χ4n) is 2.94. The lowest BCUT2D eigenvalue weighted by molar-refractivity contribution is 0.0361. The molecule has 2 heterocycles. The Morgan fingerprint density at radius 1 is 1.40 bits per heavy atom. The van der Waals surface area contributed by atoms with Crippen LogP contribution in [0.4, 0.5) is 0 Å². The van der Waals surface area contributed by atoms with Crippen LogP contribution in [-0.2, 0) is 4.74 Å². The second-order valence-corrected chi connectivity index (χ2v) is 5.78. The predicted octanol–water partition coefficient (Wildman–Crippen LogP) is 4.16. The highest BCUT2D eigenvalue weighted by molar-refractivity contribution is 6.31. The van der Waals surface area contributed by atoms with Gasteiger partial charge in [-0.2, -0.15) is 0 Å². The normalized spacial score (nSPS) is 21.2. The van der Waals surface area contributed by atoms with Crippen molar-refractivity contribution in [2.75, 3.05) is 19.8 Å². The zero-order chi connectivity index (χ0) is 13.9. The van der Waals surface area contributed by atoms with Gasteiger partial charge in [0.2, 0.25) is 0 Å². The van der Waals surface area contributed by atoms with Crippen molar-refractivity contribution in [1.29, 1.82) is 0 Å². The number of rotatable bonds is 4. The molecular formula is C16H20ClNO2. The van der Waals surface area contributed by atoms with E-state index in [-0.39, 0.29) is 6.04 Å². The molecule has 0 bridgehead atoms. The summed E-state index contributed by atoms with van der Waals surface area (Å²) in [4.78, 5) is 0. The Kier molecular flexibility index (Phi) is 4.29. The van der Waals surface area contributed by atoms with Crippen molar-refractivity contribution in [3.8, 4) is 0 Å². The molecule has 1 aromatic heterocycles. The van der Waals surface area contributed by atoms with Crippen molar-refractivity contribution in [2.24, 2.45) is 5.92 Å². The van der Waals surface area contributed by atoms with Crippen LogP contribution in [0.1, 0.15) is 31.6 Å². The van der Waals surface area contributed by atoms with Crippen molar-refractivity contribution in [3.63, 3.8) is 0 Å². The first-order valence-electron chi connectivity index (χ1n) is 7.28. The number of hydrogen-bond acceptors (Lipinski definition) is 3. The Morgan fingerprint density at radius 3 is 3.05 bits per heavy atom. The quantitative estimate of drug-likeness (QED) is 0.919. The molecule has 0 spiro atoms. The van der Waals surface area contributed by atoms with Crippen LogP contribution in [0.5, 0.6) is 0 Å². The maximum Gasteiger partial charge on any atom is 0.134 e. The third kappa shape index (κ3) is 2.85. The van der Waals surface area contributed by atoms with E-state index in [0.717, 1.165) is 47.9 Å². The van der Waals surface area contributed by atoms with Gasteiger partial charge in [-0.3, -0.25) is 0 Å². The van der Waals surface area contributed by atoms with Gasteiger partial charge in [0.15, 0.2) is 0 Å². The van der Waals surface area contributed by atoms with Gasteiger partial charge in [-0.05, 0) is 43.7 Å². The molecule has 1 aliphatic rings. The van der Waals surface area contributed by atoms with E-state index in [2.05, 4.69) is 18.3 Å². The van der Waals surface area contributed by atoms with Crippen molar-refractivity contribution in [2.45, 2.75) is 25.8 Å². The first kappa shape index (κ1) is 13.9. The molecule has 2 atom stereocenters. The summed E-state index contributed by atoms with van der Waals surface area (Å²) in [5, 5.41) is 5.34. The van der Waals surface area contributed by atoms with Crippen LogP contribution in [-0.4, -0.2) is 19.8 Å². The fourth-order valence-corrected chi connectivity index (χ4v) is 3.12. The number of hydrogen-bond donors (Lipinski definition) is 1. The molecule has 2 unspecified atom stereocenters. The molecule has 20 heavy (non-hydrogen) atoms. The van der Waals surface area contributed by atoms with Gasteiger partial charge in [0, 0.05) is 22.9 Å². The van der Waals surface area contributed by atoms with Gasteiger partial charge < -0.3 is 14.5 Å². The second kappa shape index (κ2) is 6.17. The largest absolute Gasteiger partial charge is 0.459 e. The Balaban J connectivity index is 1.91. The van der Waals surface area contributed by atoms with Crippen LogP contribution in [0.3, 0.4) is 0 Å². The lowest BCUT2D eigenvalue weighted by Crippen LogP contribution is -2.33. The summed E-state index contributed by atoms with van der Waals surface area (Å²) >= 11 is 6.04. The molecule has 1 aliphatic heterocycles. The third-order valence-corrected chi connectivity index (χ3v) is 4.13. The number of ether oxygens (including phenoxy) is 1. The predicted molar refractivity (Wildman–Crippen MR) is 81.2 cm³/mol. The highest BCUT2D eigenvalue weighted by atomic mass is 35.5. The van der Waals surface area contributed by atoms with E-state index in [4.69, 9.17) is 20.8 Å². The highest BCUT2D eigenvalue weighted by Gasteiger charge is 2.27. The maximum absolute atomic E-state index is 6.04. The summed E-state index contributed by atoms with van der Waals surface area (Å²) in [5.74, 6) is 1.46. The molecule has 1 N–H and O–H groups in total. The molecule has 3 rings (SSSR count). The highest BCUT2D eigenvalue weighted by Crippen LogP contribution is 2.33. The van der Waals surface area contributed by atoms with Gasteiger partial charge in [-0.25, -0.2) is 0 Å². The maximum atomic E-state index is 6.04. The zero-order valence-corrected chi connectivity index (χ0v) is 12.5. The topological polar surface area (TPSA) is 34.4 Å². The van der Waals surface area contributed by atoms with Gasteiger partial charge in [-0.15, -0.1) is 0 Å². The summed E-state index contributed by atoms with van der Waals surface area (Å²) in [6.07, 6.45) is 2.30. The van der Waals surface area contributed by atoms with Crippen LogP contribution < -0.4 is 5.32 Å². The first-order chi connectivity index (χ1) is 9.78. The van der Waals surface area contributed by atoms with E-state index in [1.54, 1.807) is 0 Å². The number of nitrogens with one attached hydrogen (secondary N) is 1. The van der Waals surface area contributed by atoms with Crippen molar-refractivity contribution >= 4 is 22.6 Å². The van der Waals surface area contributed by atoms with Crippen LogP contribution in [0.25, 0.3) is 11.0 Å². The molecule has 1 fully saturated rings. The minimum absolute atomic E-state index is 0.214. The summed E-state index contributed by atoms with van der Waals surface area (Å²) in [6.45, 7) is 4.72. The van der Waals surface area contributed by atoms with Crippen LogP contribution in [0.15, 0.2) is 28.7 Å². The minimum Gasteiger partial charge on any atom is -0.459 e. The van der Waals surface area contributed by atoms with Gasteiger partial charge in [0.05, 0.1) is 12.6 Å². The van der Waals surface area contributed by atoms with Crippen molar-refractivity contribution < 1.29 is 9.15 Å². The number of furan rings is 1. The van der Waals surface area contributed by atoms with Gasteiger partial charge >= 0.3 is 0 Å². The zero-order valence-electron chi connectivity index (χ0n) is 11.7. The van der Waals surface area contributed by atoms with Crippen LogP contribution in [0, 0.1) is 5.92 Å². The number of benzene rings is 1. The van der Waals surface area contributed by atoms with Gasteiger partial charge in [0.25, 0.3) is 0 Å². The van der Waals surface area contributed by atoms with E-state index in [9.17, 15) is 0 Å². The van der Waals surface area contributed by atoms with Gasteiger partial charge in [-0.1, -0.05) is 18.5 Å². The average Bonchev–Trinajstić information content (AvgIpc) is 2.88. The molecule has 0 radical (unpaired) electrons. The Hall–Kier alpha value is -1.03. The van der Waals surface area contributed by atoms with Crippen LogP contribution >= 0.6 is 11.6 Å². The molecule has 1 aromatic carbocycles. The molecular weight excluding hydrogens is 274 g/mol. The summed E-state index contributed by atoms with van der Waals surface area (Å²) in [5.41, 5.74) is 0.893. The molecule has 4 heteroatoms. The smallest absolute Gasteiger partial charge is 0.134 e. The SMILES string of the molecule is CCNC(c1cc2cc(Cl)ccc2o1)C1CCCOC1. The van der Waals surface area contributed by atoms with E-state index in [0.29, 0.717) is 5.92 Å². The monoisotopic (exact) mass is 293 g/mol. The standard InChI is InChI=1S/C16H20ClNO2/c1-2-18-16(11-4-3-7-19-10-11)15-9-12-8-13(17)5-6-14(12)20-15/h5-6,8-9,11,16,18H,2-4,7,10H2,1H3. The summed E-state index contributed by atoms with van der Waals surface area (Å²) in [7, 11) is 0. The van der Waals surface area contributed by atoms with E-state index in [1.165, 1.54) is 6.42 Å². The molecule has 3 nitrogen and oxygen atoms in total. The molecule has 2 aromatic rings. The lowest BCUT2D eigenvalue weighted by Gasteiger charge is -2.29. The Labute approximate surface area is 124 Å². The Morgan fingerprint density at radius 2 is 2.30 bits per heavy atom. The lowest BCUT2D eigenvalue weighted by atomic mass is 9.92. The van der Waals surface area contributed by atoms with E-state index in [1.807, 2.05) is 18.2 Å². The molecule has 0 saturated carbocycles. The van der Waals surface area contributed by atoms with E-state index < -0.39 is 0 Å². The molecule has 1 saturated heterocycles. The summed E-state index contributed by atoms with van der Waals surface area (Å²) < 4.78 is 11.6. The fraction of sp³-hybridized carbons (Fsp3) is 0.500. The molecule has 108 valence electrons. The molecule has 0 aliphatic carbocycles. The van der Waals surface area contributed by atoms with Crippen molar-refractivity contribution in [3.05, 3.63) is 35.0 Å². The average molecular weight is 294 g/mol. The minimum atomic E-state index is 0.214. The van der Waals surface area contributed by atoms with Gasteiger partial charge in [0.1, 0.15) is 11.3 Å². The second-order valence-electron chi connectivity index (χ2n) is 5.34. The number of halogens is 1. The van der Waals surface area contributed by atoms with Crippen molar-refractivity contribution in [1.82, 2.24) is 5.32 Å². The first-order valence-corrected chi connectivity index (χ1v) is 7.66.